The topological polar surface area (TPSA) is 40.5 Å². The zero-order chi connectivity index (χ0) is 14.1. The van der Waals surface area contributed by atoms with Crippen LogP contribution in [0.4, 0.5) is 5.69 Å². The van der Waals surface area contributed by atoms with Gasteiger partial charge < -0.3 is 10.0 Å². The molecule has 1 fully saturated rings. The minimum Gasteiger partial charge on any atom is -0.507 e. The number of aromatic hydroxyl groups is 1. The predicted octanol–water partition coefficient (Wildman–Crippen LogP) is 3.83. The van der Waals surface area contributed by atoms with Crippen LogP contribution in [0.25, 0.3) is 0 Å². The Labute approximate surface area is 122 Å². The van der Waals surface area contributed by atoms with Crippen molar-refractivity contribution in [1.82, 2.24) is 0 Å². The molecule has 0 radical (unpaired) electrons. The number of rotatable bonds is 5. The van der Waals surface area contributed by atoms with E-state index in [-0.39, 0.29) is 11.5 Å². The van der Waals surface area contributed by atoms with E-state index in [1.54, 1.807) is 23.5 Å². The summed E-state index contributed by atoms with van der Waals surface area (Å²) in [5.41, 5.74) is 1.38. The highest BCUT2D eigenvalue weighted by atomic mass is 32.1. The van der Waals surface area contributed by atoms with Gasteiger partial charge in [0.2, 0.25) is 0 Å². The third kappa shape index (κ3) is 2.70. The van der Waals surface area contributed by atoms with E-state index in [1.165, 1.54) is 24.6 Å². The van der Waals surface area contributed by atoms with Gasteiger partial charge in [0.1, 0.15) is 5.75 Å². The molecule has 20 heavy (non-hydrogen) atoms. The van der Waals surface area contributed by atoms with E-state index in [2.05, 4.69) is 22.4 Å². The normalized spacial score (nSPS) is 14.2. The smallest absolute Gasteiger partial charge is 0.163 e. The van der Waals surface area contributed by atoms with Crippen LogP contribution in [-0.2, 0) is 6.54 Å². The Morgan fingerprint density at radius 1 is 1.40 bits per heavy atom. The highest BCUT2D eigenvalue weighted by molar-refractivity contribution is 7.09. The summed E-state index contributed by atoms with van der Waals surface area (Å²) in [6.45, 7) is 2.33. The molecule has 1 heterocycles. The van der Waals surface area contributed by atoms with Crippen molar-refractivity contribution in [1.29, 1.82) is 0 Å². The minimum absolute atomic E-state index is 0.0758. The molecule has 1 aliphatic carbocycles. The number of hydrogen-bond acceptors (Lipinski definition) is 4. The van der Waals surface area contributed by atoms with Gasteiger partial charge in [-0.05, 0) is 43.3 Å². The Hall–Kier alpha value is -1.81. The van der Waals surface area contributed by atoms with Gasteiger partial charge >= 0.3 is 0 Å². The zero-order valence-electron chi connectivity index (χ0n) is 11.4. The fourth-order valence-corrected chi connectivity index (χ4v) is 3.09. The summed E-state index contributed by atoms with van der Waals surface area (Å²) >= 11 is 1.75. The van der Waals surface area contributed by atoms with E-state index in [0.717, 1.165) is 12.2 Å². The lowest BCUT2D eigenvalue weighted by Crippen LogP contribution is -2.24. The van der Waals surface area contributed by atoms with E-state index in [1.807, 2.05) is 6.07 Å². The number of thiophene rings is 1. The van der Waals surface area contributed by atoms with Gasteiger partial charge in [-0.15, -0.1) is 11.3 Å². The Balaban J connectivity index is 1.88. The quantitative estimate of drug-likeness (QED) is 0.850. The first-order valence-corrected chi connectivity index (χ1v) is 7.66. The van der Waals surface area contributed by atoms with Crippen LogP contribution >= 0.6 is 11.3 Å². The van der Waals surface area contributed by atoms with E-state index >= 15 is 0 Å². The van der Waals surface area contributed by atoms with Gasteiger partial charge in [-0.25, -0.2) is 0 Å². The molecule has 1 aromatic carbocycles. The molecule has 0 bridgehead atoms. The predicted molar refractivity (Wildman–Crippen MR) is 81.6 cm³/mol. The molecule has 3 nitrogen and oxygen atoms in total. The average molecular weight is 287 g/mol. The molecule has 4 heteroatoms. The lowest BCUT2D eigenvalue weighted by atomic mass is 10.1. The molecule has 2 aromatic rings. The highest BCUT2D eigenvalue weighted by Gasteiger charge is 2.30. The molecule has 3 rings (SSSR count). The van der Waals surface area contributed by atoms with Crippen molar-refractivity contribution in [2.24, 2.45) is 0 Å². The maximum Gasteiger partial charge on any atom is 0.163 e. The first-order chi connectivity index (χ1) is 9.65. The Morgan fingerprint density at radius 3 is 2.75 bits per heavy atom. The van der Waals surface area contributed by atoms with Gasteiger partial charge in [-0.3, -0.25) is 4.79 Å². The molecule has 1 aliphatic rings. The van der Waals surface area contributed by atoms with Gasteiger partial charge in [0.15, 0.2) is 5.78 Å². The second kappa shape index (κ2) is 5.29. The maximum absolute atomic E-state index is 11.4. The van der Waals surface area contributed by atoms with Crippen LogP contribution in [0.15, 0.2) is 35.7 Å². The van der Waals surface area contributed by atoms with E-state index in [4.69, 9.17) is 0 Å². The second-order valence-electron chi connectivity index (χ2n) is 5.20. The van der Waals surface area contributed by atoms with Crippen LogP contribution in [0.2, 0.25) is 0 Å². The Morgan fingerprint density at radius 2 is 2.20 bits per heavy atom. The third-order valence-corrected chi connectivity index (χ3v) is 4.45. The summed E-state index contributed by atoms with van der Waals surface area (Å²) in [7, 11) is 0. The summed E-state index contributed by atoms with van der Waals surface area (Å²) < 4.78 is 0. The summed E-state index contributed by atoms with van der Waals surface area (Å²) in [4.78, 5) is 15.0. The monoisotopic (exact) mass is 287 g/mol. The fraction of sp³-hybridized carbons (Fsp3) is 0.312. The fourth-order valence-electron chi connectivity index (χ4n) is 2.38. The van der Waals surface area contributed by atoms with Crippen molar-refractivity contribution in [2.45, 2.75) is 32.4 Å². The number of Topliss-reactive ketones (excluding diaryl/α,β-unsaturated/α-hetero) is 1. The number of phenols is 1. The van der Waals surface area contributed by atoms with Crippen molar-refractivity contribution >= 4 is 22.8 Å². The number of ketones is 1. The van der Waals surface area contributed by atoms with Crippen LogP contribution in [0.5, 0.6) is 5.75 Å². The Bertz CT molecular complexity index is 617. The first-order valence-electron chi connectivity index (χ1n) is 6.78. The molecular formula is C16H17NO2S. The highest BCUT2D eigenvalue weighted by Crippen LogP contribution is 2.35. The molecule has 1 N–H and O–H groups in total. The van der Waals surface area contributed by atoms with Crippen molar-refractivity contribution in [3.05, 3.63) is 46.2 Å². The van der Waals surface area contributed by atoms with Crippen LogP contribution in [-0.4, -0.2) is 16.9 Å². The number of anilines is 1. The zero-order valence-corrected chi connectivity index (χ0v) is 12.2. The lowest BCUT2D eigenvalue weighted by Gasteiger charge is -2.24. The molecule has 0 atom stereocenters. The number of phenolic OH excluding ortho intramolecular Hbond substituents is 1. The standard InChI is InChI=1S/C16H17NO2S/c1-11(18)15-7-6-13(9-16(15)19)17(12-4-5-12)10-14-3-2-8-20-14/h2-3,6-9,12,19H,4-5,10H2,1H3. The minimum atomic E-state index is -0.106. The van der Waals surface area contributed by atoms with Crippen LogP contribution in [0.3, 0.4) is 0 Å². The van der Waals surface area contributed by atoms with Gasteiger partial charge in [0.25, 0.3) is 0 Å². The molecule has 0 amide bonds. The number of nitrogens with zero attached hydrogens (tertiary/aromatic N) is 1. The molecule has 1 aromatic heterocycles. The third-order valence-electron chi connectivity index (χ3n) is 3.59. The molecule has 0 saturated heterocycles. The van der Waals surface area contributed by atoms with Crippen molar-refractivity contribution in [2.75, 3.05) is 4.90 Å². The number of carbonyl (C=O) groups is 1. The number of carbonyl (C=O) groups excluding carboxylic acids is 1. The molecule has 0 unspecified atom stereocenters. The van der Waals surface area contributed by atoms with Gasteiger partial charge in [-0.2, -0.15) is 0 Å². The molecule has 1 saturated carbocycles. The molecule has 0 aliphatic heterocycles. The van der Waals surface area contributed by atoms with E-state index in [9.17, 15) is 9.90 Å². The van der Waals surface area contributed by atoms with Crippen LogP contribution in [0.1, 0.15) is 35.0 Å². The maximum atomic E-state index is 11.4. The summed E-state index contributed by atoms with van der Waals surface area (Å²) in [6, 6.07) is 10.1. The van der Waals surface area contributed by atoms with Crippen molar-refractivity contribution in [3.63, 3.8) is 0 Å². The molecule has 104 valence electrons. The van der Waals surface area contributed by atoms with Crippen LogP contribution < -0.4 is 4.90 Å². The summed E-state index contributed by atoms with van der Waals surface area (Å²) in [5, 5.41) is 12.1. The van der Waals surface area contributed by atoms with E-state index in [0.29, 0.717) is 11.6 Å². The SMILES string of the molecule is CC(=O)c1ccc(N(Cc2cccs2)C2CC2)cc1O. The largest absolute Gasteiger partial charge is 0.507 e. The van der Waals surface area contributed by atoms with Crippen molar-refractivity contribution in [3.8, 4) is 5.75 Å². The van der Waals surface area contributed by atoms with Crippen LogP contribution in [0, 0.1) is 0 Å². The number of benzene rings is 1. The average Bonchev–Trinajstić information content (AvgIpc) is 3.12. The number of hydrogen-bond donors (Lipinski definition) is 1. The second-order valence-corrected chi connectivity index (χ2v) is 6.23. The van der Waals surface area contributed by atoms with E-state index < -0.39 is 0 Å². The van der Waals surface area contributed by atoms with Gasteiger partial charge in [0.05, 0.1) is 12.1 Å². The molecule has 0 spiro atoms. The summed E-state index contributed by atoms with van der Waals surface area (Å²) in [5.74, 6) is -0.0305. The van der Waals surface area contributed by atoms with Gasteiger partial charge in [0, 0.05) is 22.7 Å². The lowest BCUT2D eigenvalue weighted by molar-refractivity contribution is 0.101. The Kier molecular flexibility index (Phi) is 3.49. The molecular weight excluding hydrogens is 270 g/mol. The summed E-state index contributed by atoms with van der Waals surface area (Å²) in [6.07, 6.45) is 2.39. The first kappa shape index (κ1) is 13.2. The van der Waals surface area contributed by atoms with Crippen molar-refractivity contribution < 1.29 is 9.90 Å². The van der Waals surface area contributed by atoms with Gasteiger partial charge in [-0.1, -0.05) is 6.07 Å².